The van der Waals surface area contributed by atoms with Crippen LogP contribution in [0, 0.1) is 5.92 Å². The van der Waals surface area contributed by atoms with Gasteiger partial charge in [0, 0.05) is 37.1 Å². The van der Waals surface area contributed by atoms with Crippen molar-refractivity contribution >= 4 is 17.3 Å². The Bertz CT molecular complexity index is 717. The molecule has 138 valence electrons. The summed E-state index contributed by atoms with van der Waals surface area (Å²) in [5.41, 5.74) is 2.80. The van der Waals surface area contributed by atoms with Crippen molar-refractivity contribution in [2.24, 2.45) is 5.92 Å². The lowest BCUT2D eigenvalue weighted by atomic mass is 10.1. The third-order valence-corrected chi connectivity index (χ3v) is 4.70. The molecule has 26 heavy (non-hydrogen) atoms. The van der Waals surface area contributed by atoms with Crippen LogP contribution in [0.1, 0.15) is 37.0 Å². The quantitative estimate of drug-likeness (QED) is 0.762. The maximum Gasteiger partial charge on any atom is 0.258 e. The second-order valence-corrected chi connectivity index (χ2v) is 7.30. The summed E-state index contributed by atoms with van der Waals surface area (Å²) in [5.74, 6) is 1.26. The first-order valence-electron chi connectivity index (χ1n) is 9.40. The van der Waals surface area contributed by atoms with E-state index in [1.807, 2.05) is 43.4 Å². The summed E-state index contributed by atoms with van der Waals surface area (Å²) in [4.78, 5) is 16.8. The van der Waals surface area contributed by atoms with E-state index in [9.17, 15) is 4.79 Å². The van der Waals surface area contributed by atoms with Gasteiger partial charge in [-0.05, 0) is 67.3 Å². The van der Waals surface area contributed by atoms with Crippen LogP contribution >= 0.6 is 0 Å². The number of rotatable bonds is 6. The van der Waals surface area contributed by atoms with Crippen LogP contribution < -0.4 is 14.5 Å². The molecule has 1 amide bonds. The van der Waals surface area contributed by atoms with Gasteiger partial charge in [-0.3, -0.25) is 4.79 Å². The van der Waals surface area contributed by atoms with Crippen molar-refractivity contribution < 1.29 is 9.53 Å². The molecule has 1 aliphatic heterocycles. The van der Waals surface area contributed by atoms with Gasteiger partial charge in [0.2, 0.25) is 0 Å². The molecule has 0 aliphatic carbocycles. The van der Waals surface area contributed by atoms with Crippen molar-refractivity contribution in [1.82, 2.24) is 0 Å². The van der Waals surface area contributed by atoms with Gasteiger partial charge in [-0.15, -0.1) is 0 Å². The Kier molecular flexibility index (Phi) is 5.82. The Balaban J connectivity index is 1.65. The van der Waals surface area contributed by atoms with Gasteiger partial charge in [-0.2, -0.15) is 0 Å². The minimum Gasteiger partial charge on any atom is -0.493 e. The third kappa shape index (κ3) is 4.37. The van der Waals surface area contributed by atoms with Gasteiger partial charge in [-0.1, -0.05) is 13.8 Å². The first kappa shape index (κ1) is 18.3. The number of carbonyl (C=O) groups excluding carboxylic acids is 1. The van der Waals surface area contributed by atoms with Crippen molar-refractivity contribution in [3.05, 3.63) is 54.1 Å². The summed E-state index contributed by atoms with van der Waals surface area (Å²) < 4.78 is 5.68. The first-order valence-corrected chi connectivity index (χ1v) is 9.40. The zero-order valence-corrected chi connectivity index (χ0v) is 15.9. The third-order valence-electron chi connectivity index (χ3n) is 4.70. The molecule has 4 nitrogen and oxygen atoms in total. The van der Waals surface area contributed by atoms with E-state index in [1.165, 1.54) is 18.5 Å². The summed E-state index contributed by atoms with van der Waals surface area (Å²) in [6.07, 6.45) is 2.52. The number of amides is 1. The minimum atomic E-state index is -0.0191. The van der Waals surface area contributed by atoms with Crippen LogP contribution in [0.5, 0.6) is 5.75 Å². The molecule has 0 bridgehead atoms. The van der Waals surface area contributed by atoms with Crippen LogP contribution in [-0.4, -0.2) is 32.7 Å². The predicted octanol–water partition coefficient (Wildman–Crippen LogP) is 4.60. The molecule has 4 heteroatoms. The number of carbonyl (C=O) groups is 1. The molecule has 0 atom stereocenters. The molecule has 1 fully saturated rings. The molecule has 1 heterocycles. The highest BCUT2D eigenvalue weighted by Crippen LogP contribution is 2.24. The lowest BCUT2D eigenvalue weighted by Crippen LogP contribution is -2.26. The van der Waals surface area contributed by atoms with Gasteiger partial charge in [0.05, 0.1) is 6.61 Å². The first-order chi connectivity index (χ1) is 12.5. The standard InChI is InChI=1S/C22H28N2O2/c1-17(2)16-26-21-12-6-18(7-13-21)22(25)23(3)19-8-10-20(11-9-19)24-14-4-5-15-24/h6-13,17H,4-5,14-16H2,1-3H3. The van der Waals surface area contributed by atoms with E-state index in [1.54, 1.807) is 4.90 Å². The second kappa shape index (κ2) is 8.26. The second-order valence-electron chi connectivity index (χ2n) is 7.30. The highest BCUT2D eigenvalue weighted by molar-refractivity contribution is 6.05. The Morgan fingerprint density at radius 3 is 2.23 bits per heavy atom. The largest absolute Gasteiger partial charge is 0.493 e. The van der Waals surface area contributed by atoms with Crippen molar-refractivity contribution in [3.8, 4) is 5.75 Å². The van der Waals surface area contributed by atoms with E-state index in [-0.39, 0.29) is 5.91 Å². The summed E-state index contributed by atoms with van der Waals surface area (Å²) in [6, 6.07) is 15.6. The van der Waals surface area contributed by atoms with Crippen LogP contribution in [0.25, 0.3) is 0 Å². The summed E-state index contributed by atoms with van der Waals surface area (Å²) >= 11 is 0. The maximum atomic E-state index is 12.7. The number of hydrogen-bond acceptors (Lipinski definition) is 3. The molecule has 1 saturated heterocycles. The SMILES string of the molecule is CC(C)COc1ccc(C(=O)N(C)c2ccc(N3CCCC3)cc2)cc1. The van der Waals surface area contributed by atoms with Crippen molar-refractivity contribution in [2.75, 3.05) is 36.5 Å². The fourth-order valence-electron chi connectivity index (χ4n) is 3.13. The molecule has 3 rings (SSSR count). The zero-order valence-electron chi connectivity index (χ0n) is 15.9. The summed E-state index contributed by atoms with van der Waals surface area (Å²) in [7, 11) is 1.82. The van der Waals surface area contributed by atoms with Crippen LogP contribution in [0.15, 0.2) is 48.5 Å². The normalized spacial score (nSPS) is 13.9. The molecule has 0 N–H and O–H groups in total. The van der Waals surface area contributed by atoms with E-state index < -0.39 is 0 Å². The number of hydrogen-bond donors (Lipinski definition) is 0. The summed E-state index contributed by atoms with van der Waals surface area (Å²) in [6.45, 7) is 7.15. The van der Waals surface area contributed by atoms with Crippen molar-refractivity contribution in [1.29, 1.82) is 0 Å². The zero-order chi connectivity index (χ0) is 18.5. The highest BCUT2D eigenvalue weighted by Gasteiger charge is 2.16. The van der Waals surface area contributed by atoms with Gasteiger partial charge >= 0.3 is 0 Å². The Hall–Kier alpha value is -2.49. The molecule has 0 aromatic heterocycles. The van der Waals surface area contributed by atoms with Crippen LogP contribution in [-0.2, 0) is 0 Å². The van der Waals surface area contributed by atoms with E-state index >= 15 is 0 Å². The topological polar surface area (TPSA) is 32.8 Å². The van der Waals surface area contributed by atoms with Crippen LogP contribution in [0.3, 0.4) is 0 Å². The van der Waals surface area contributed by atoms with Crippen LogP contribution in [0.4, 0.5) is 11.4 Å². The average molecular weight is 352 g/mol. The lowest BCUT2D eigenvalue weighted by molar-refractivity contribution is 0.0993. The van der Waals surface area contributed by atoms with Gasteiger partial charge in [0.1, 0.15) is 5.75 Å². The molecule has 0 saturated carbocycles. The Labute approximate surface area is 156 Å². The van der Waals surface area contributed by atoms with E-state index in [0.717, 1.165) is 24.5 Å². The highest BCUT2D eigenvalue weighted by atomic mass is 16.5. The summed E-state index contributed by atoms with van der Waals surface area (Å²) in [5, 5.41) is 0. The average Bonchev–Trinajstić information content (AvgIpc) is 3.20. The molecule has 2 aromatic carbocycles. The fourth-order valence-corrected chi connectivity index (χ4v) is 3.13. The smallest absolute Gasteiger partial charge is 0.258 e. The van der Waals surface area contributed by atoms with Gasteiger partial charge in [-0.25, -0.2) is 0 Å². The molecule has 0 spiro atoms. The van der Waals surface area contributed by atoms with Crippen LogP contribution in [0.2, 0.25) is 0 Å². The van der Waals surface area contributed by atoms with E-state index in [2.05, 4.69) is 30.9 Å². The molecule has 1 aliphatic rings. The molecular weight excluding hydrogens is 324 g/mol. The van der Waals surface area contributed by atoms with E-state index in [4.69, 9.17) is 4.74 Å². The monoisotopic (exact) mass is 352 g/mol. The van der Waals surface area contributed by atoms with E-state index in [0.29, 0.717) is 18.1 Å². The van der Waals surface area contributed by atoms with Gasteiger partial charge in [0.25, 0.3) is 5.91 Å². The molecule has 2 aromatic rings. The maximum absolute atomic E-state index is 12.7. The molecular formula is C22H28N2O2. The number of anilines is 2. The lowest BCUT2D eigenvalue weighted by Gasteiger charge is -2.21. The van der Waals surface area contributed by atoms with Gasteiger partial charge in [0.15, 0.2) is 0 Å². The Morgan fingerprint density at radius 2 is 1.65 bits per heavy atom. The molecule has 0 radical (unpaired) electrons. The minimum absolute atomic E-state index is 0.0191. The number of nitrogens with zero attached hydrogens (tertiary/aromatic N) is 2. The van der Waals surface area contributed by atoms with Crippen molar-refractivity contribution in [2.45, 2.75) is 26.7 Å². The Morgan fingerprint density at radius 1 is 1.04 bits per heavy atom. The van der Waals surface area contributed by atoms with Gasteiger partial charge < -0.3 is 14.5 Å². The van der Waals surface area contributed by atoms with Crippen molar-refractivity contribution in [3.63, 3.8) is 0 Å². The number of benzene rings is 2. The predicted molar refractivity (Wildman–Crippen MR) is 107 cm³/mol. The number of ether oxygens (including phenoxy) is 1. The molecule has 0 unspecified atom stereocenters. The fraction of sp³-hybridized carbons (Fsp3) is 0.409.